The van der Waals surface area contributed by atoms with Crippen LogP contribution in [0.25, 0.3) is 11.3 Å². The Hall–Kier alpha value is -2.23. The number of aromatic nitrogens is 1. The molecular formula is C13H13NO3. The number of carbonyl (C=O) groups is 1. The van der Waals surface area contributed by atoms with E-state index < -0.39 is 5.97 Å². The maximum atomic E-state index is 10.9. The van der Waals surface area contributed by atoms with Crippen molar-refractivity contribution in [1.29, 1.82) is 0 Å². The molecule has 0 saturated carbocycles. The first kappa shape index (κ1) is 11.3. The molecule has 0 aliphatic heterocycles. The summed E-state index contributed by atoms with van der Waals surface area (Å²) in [6, 6.07) is 9.29. The van der Waals surface area contributed by atoms with Crippen LogP contribution in [0.4, 0.5) is 0 Å². The molecule has 0 unspecified atom stereocenters. The maximum absolute atomic E-state index is 10.9. The number of aryl methyl sites for hydroxylation is 1. The van der Waals surface area contributed by atoms with Crippen LogP contribution in [0.15, 0.2) is 30.3 Å². The highest BCUT2D eigenvalue weighted by atomic mass is 16.5. The fourth-order valence-corrected chi connectivity index (χ4v) is 1.73. The monoisotopic (exact) mass is 231 g/mol. The molecule has 0 bridgehead atoms. The molecule has 2 N–H and O–H groups in total. The number of hydrogen-bond acceptors (Lipinski definition) is 2. The van der Waals surface area contributed by atoms with Gasteiger partial charge in [-0.15, -0.1) is 0 Å². The third-order valence-corrected chi connectivity index (χ3v) is 2.61. The fraction of sp³-hybridized carbons (Fsp3) is 0.154. The molecular weight excluding hydrogens is 218 g/mol. The average molecular weight is 231 g/mol. The number of methoxy groups -OCH3 is 1. The second kappa shape index (κ2) is 4.33. The van der Waals surface area contributed by atoms with Gasteiger partial charge in [0.25, 0.3) is 0 Å². The molecule has 0 spiro atoms. The van der Waals surface area contributed by atoms with Crippen LogP contribution < -0.4 is 4.74 Å². The summed E-state index contributed by atoms with van der Waals surface area (Å²) in [5.41, 5.74) is 2.62. The van der Waals surface area contributed by atoms with Crippen LogP contribution >= 0.6 is 0 Å². The predicted molar refractivity (Wildman–Crippen MR) is 64.5 cm³/mol. The zero-order valence-electron chi connectivity index (χ0n) is 9.65. The van der Waals surface area contributed by atoms with Gasteiger partial charge in [-0.25, -0.2) is 4.79 Å². The summed E-state index contributed by atoms with van der Waals surface area (Å²) in [7, 11) is 1.60. The third-order valence-electron chi connectivity index (χ3n) is 2.61. The minimum Gasteiger partial charge on any atom is -0.497 e. The normalized spacial score (nSPS) is 10.2. The molecule has 1 heterocycles. The van der Waals surface area contributed by atoms with Crippen molar-refractivity contribution in [2.75, 3.05) is 7.11 Å². The van der Waals surface area contributed by atoms with Crippen molar-refractivity contribution in [3.63, 3.8) is 0 Å². The van der Waals surface area contributed by atoms with Crippen LogP contribution in [-0.2, 0) is 0 Å². The Labute approximate surface area is 98.9 Å². The molecule has 0 aliphatic carbocycles. The Morgan fingerprint density at radius 1 is 1.35 bits per heavy atom. The van der Waals surface area contributed by atoms with E-state index in [9.17, 15) is 4.79 Å². The predicted octanol–water partition coefficient (Wildman–Crippen LogP) is 2.70. The van der Waals surface area contributed by atoms with E-state index in [4.69, 9.17) is 9.84 Å². The summed E-state index contributed by atoms with van der Waals surface area (Å²) in [5.74, 6) is -0.205. The van der Waals surface area contributed by atoms with Crippen LogP contribution in [0, 0.1) is 6.92 Å². The summed E-state index contributed by atoms with van der Waals surface area (Å²) >= 11 is 0. The minimum absolute atomic E-state index is 0.225. The standard InChI is InChI=1S/C13H13NO3/c1-8-6-11(14-12(8)13(15)16)9-4-3-5-10(7-9)17-2/h3-7,14H,1-2H3,(H,15,16). The maximum Gasteiger partial charge on any atom is 0.352 e. The van der Waals surface area contributed by atoms with Crippen molar-refractivity contribution in [2.24, 2.45) is 0 Å². The van der Waals surface area contributed by atoms with E-state index in [1.807, 2.05) is 30.3 Å². The van der Waals surface area contributed by atoms with E-state index in [0.29, 0.717) is 0 Å². The molecule has 1 aromatic carbocycles. The molecule has 17 heavy (non-hydrogen) atoms. The smallest absolute Gasteiger partial charge is 0.352 e. The molecule has 0 fully saturated rings. The van der Waals surface area contributed by atoms with Gasteiger partial charge in [0.05, 0.1) is 7.11 Å². The lowest BCUT2D eigenvalue weighted by molar-refractivity contribution is 0.0690. The quantitative estimate of drug-likeness (QED) is 0.853. The Balaban J connectivity index is 2.46. The molecule has 0 amide bonds. The van der Waals surface area contributed by atoms with Crippen molar-refractivity contribution in [2.45, 2.75) is 6.92 Å². The lowest BCUT2D eigenvalue weighted by Gasteiger charge is -2.02. The van der Waals surface area contributed by atoms with Gasteiger partial charge in [0, 0.05) is 11.3 Å². The lowest BCUT2D eigenvalue weighted by atomic mass is 10.1. The number of aromatic carboxylic acids is 1. The second-order valence-electron chi connectivity index (χ2n) is 3.78. The minimum atomic E-state index is -0.948. The number of hydrogen-bond donors (Lipinski definition) is 2. The van der Waals surface area contributed by atoms with Crippen LogP contribution in [-0.4, -0.2) is 23.2 Å². The van der Waals surface area contributed by atoms with Gasteiger partial charge < -0.3 is 14.8 Å². The average Bonchev–Trinajstić information content (AvgIpc) is 2.71. The first-order chi connectivity index (χ1) is 8.11. The van der Waals surface area contributed by atoms with Crippen molar-refractivity contribution in [3.05, 3.63) is 41.6 Å². The van der Waals surface area contributed by atoms with Gasteiger partial charge in [-0.1, -0.05) is 12.1 Å². The number of rotatable bonds is 3. The number of benzene rings is 1. The van der Waals surface area contributed by atoms with E-state index >= 15 is 0 Å². The number of carboxylic acids is 1. The van der Waals surface area contributed by atoms with Crippen LogP contribution in [0.3, 0.4) is 0 Å². The SMILES string of the molecule is COc1cccc(-c2cc(C)c(C(=O)O)[nH]2)c1. The lowest BCUT2D eigenvalue weighted by Crippen LogP contribution is -1.98. The molecule has 2 aromatic rings. The summed E-state index contributed by atoms with van der Waals surface area (Å²) in [6.07, 6.45) is 0. The Bertz CT molecular complexity index is 558. The first-order valence-corrected chi connectivity index (χ1v) is 5.19. The van der Waals surface area contributed by atoms with E-state index in [1.54, 1.807) is 14.0 Å². The van der Waals surface area contributed by atoms with Crippen molar-refractivity contribution >= 4 is 5.97 Å². The Kier molecular flexibility index (Phi) is 2.87. The van der Waals surface area contributed by atoms with Crippen LogP contribution in [0.2, 0.25) is 0 Å². The van der Waals surface area contributed by atoms with Crippen molar-refractivity contribution < 1.29 is 14.6 Å². The van der Waals surface area contributed by atoms with Gasteiger partial charge >= 0.3 is 5.97 Å². The highest BCUT2D eigenvalue weighted by molar-refractivity contribution is 5.88. The molecule has 4 nitrogen and oxygen atoms in total. The molecule has 0 radical (unpaired) electrons. The van der Waals surface area contributed by atoms with E-state index in [-0.39, 0.29) is 5.69 Å². The summed E-state index contributed by atoms with van der Waals surface area (Å²) in [5, 5.41) is 8.97. The highest BCUT2D eigenvalue weighted by Gasteiger charge is 2.12. The number of ether oxygens (including phenoxy) is 1. The Morgan fingerprint density at radius 3 is 2.71 bits per heavy atom. The molecule has 0 saturated heterocycles. The van der Waals surface area contributed by atoms with E-state index in [0.717, 1.165) is 22.6 Å². The molecule has 88 valence electrons. The number of nitrogens with one attached hydrogen (secondary N) is 1. The van der Waals surface area contributed by atoms with Gasteiger partial charge in [-0.05, 0) is 30.7 Å². The van der Waals surface area contributed by atoms with Gasteiger partial charge in [0.2, 0.25) is 0 Å². The highest BCUT2D eigenvalue weighted by Crippen LogP contribution is 2.25. The largest absolute Gasteiger partial charge is 0.497 e. The molecule has 2 rings (SSSR count). The number of carboxylic acid groups (broad SMARTS) is 1. The van der Waals surface area contributed by atoms with Crippen molar-refractivity contribution in [3.8, 4) is 17.0 Å². The zero-order valence-corrected chi connectivity index (χ0v) is 9.65. The summed E-state index contributed by atoms with van der Waals surface area (Å²) in [4.78, 5) is 13.8. The number of aromatic amines is 1. The van der Waals surface area contributed by atoms with Gasteiger partial charge in [-0.2, -0.15) is 0 Å². The van der Waals surface area contributed by atoms with Crippen LogP contribution in [0.5, 0.6) is 5.75 Å². The summed E-state index contributed by atoms with van der Waals surface area (Å²) in [6.45, 7) is 1.77. The second-order valence-corrected chi connectivity index (χ2v) is 3.78. The summed E-state index contributed by atoms with van der Waals surface area (Å²) < 4.78 is 5.13. The molecule has 1 aromatic heterocycles. The molecule has 0 atom stereocenters. The fourth-order valence-electron chi connectivity index (χ4n) is 1.73. The topological polar surface area (TPSA) is 62.3 Å². The van der Waals surface area contributed by atoms with E-state index in [1.165, 1.54) is 0 Å². The molecule has 4 heteroatoms. The third kappa shape index (κ3) is 2.15. The van der Waals surface area contributed by atoms with Crippen LogP contribution in [0.1, 0.15) is 16.1 Å². The number of H-pyrrole nitrogens is 1. The van der Waals surface area contributed by atoms with Gasteiger partial charge in [-0.3, -0.25) is 0 Å². The zero-order chi connectivity index (χ0) is 12.4. The van der Waals surface area contributed by atoms with Gasteiger partial charge in [0.15, 0.2) is 0 Å². The van der Waals surface area contributed by atoms with E-state index in [2.05, 4.69) is 4.98 Å². The Morgan fingerprint density at radius 2 is 2.12 bits per heavy atom. The van der Waals surface area contributed by atoms with Crippen molar-refractivity contribution in [1.82, 2.24) is 4.98 Å². The first-order valence-electron chi connectivity index (χ1n) is 5.19. The van der Waals surface area contributed by atoms with Gasteiger partial charge in [0.1, 0.15) is 11.4 Å². The molecule has 0 aliphatic rings.